The van der Waals surface area contributed by atoms with Crippen LogP contribution in [0.2, 0.25) is 0 Å². The molecule has 2 N–H and O–H groups in total. The fraction of sp³-hybridized carbons (Fsp3) is 0.409. The van der Waals surface area contributed by atoms with Crippen molar-refractivity contribution in [3.05, 3.63) is 52.7 Å². The zero-order valence-electron chi connectivity index (χ0n) is 17.7. The van der Waals surface area contributed by atoms with E-state index in [4.69, 9.17) is 0 Å². The largest absolute Gasteiger partial charge is 0.353 e. The molecule has 0 radical (unpaired) electrons. The number of anilines is 1. The van der Waals surface area contributed by atoms with Crippen LogP contribution in [0.5, 0.6) is 0 Å². The maximum absolute atomic E-state index is 12.6. The SMILES string of the molecule is Cc1c(C#N)c(NC(=O)CN(C)CC(=O)NC(C)C)n(Cc2ccccc2)c1C. The Balaban J connectivity index is 2.16. The first-order chi connectivity index (χ1) is 13.7. The standard InChI is InChI=1S/C22H29N5O2/c1-15(2)24-20(28)13-26(5)14-21(29)25-22-19(11-23)16(3)17(4)27(22)12-18-9-7-6-8-10-18/h6-10,15H,12-14H2,1-5H3,(H,24,28)(H,25,29). The molecular formula is C22H29N5O2. The van der Waals surface area contributed by atoms with Gasteiger partial charge in [-0.05, 0) is 45.9 Å². The number of carbonyl (C=O) groups excluding carboxylic acids is 2. The van der Waals surface area contributed by atoms with Crippen LogP contribution in [0.3, 0.4) is 0 Å². The van der Waals surface area contributed by atoms with Gasteiger partial charge >= 0.3 is 0 Å². The van der Waals surface area contributed by atoms with Crippen molar-refractivity contribution in [2.45, 2.75) is 40.3 Å². The molecule has 0 aliphatic rings. The second-order valence-electron chi connectivity index (χ2n) is 7.56. The summed E-state index contributed by atoms with van der Waals surface area (Å²) in [5.41, 5.74) is 3.33. The van der Waals surface area contributed by atoms with Gasteiger partial charge in [0.05, 0.1) is 18.7 Å². The molecule has 2 aromatic rings. The predicted molar refractivity (Wildman–Crippen MR) is 114 cm³/mol. The third kappa shape index (κ3) is 5.93. The van der Waals surface area contributed by atoms with Gasteiger partial charge in [-0.25, -0.2) is 0 Å². The van der Waals surface area contributed by atoms with Crippen LogP contribution < -0.4 is 10.6 Å². The molecule has 1 heterocycles. The van der Waals surface area contributed by atoms with Crippen LogP contribution in [0.25, 0.3) is 0 Å². The molecule has 154 valence electrons. The zero-order chi connectivity index (χ0) is 21.6. The molecule has 0 atom stereocenters. The number of nitriles is 1. The number of hydrogen-bond acceptors (Lipinski definition) is 4. The summed E-state index contributed by atoms with van der Waals surface area (Å²) in [6.07, 6.45) is 0. The summed E-state index contributed by atoms with van der Waals surface area (Å²) < 4.78 is 1.95. The van der Waals surface area contributed by atoms with Gasteiger partial charge in [0.2, 0.25) is 11.8 Å². The summed E-state index contributed by atoms with van der Waals surface area (Å²) in [5, 5.41) is 15.3. The van der Waals surface area contributed by atoms with Crippen molar-refractivity contribution in [3.8, 4) is 6.07 Å². The zero-order valence-corrected chi connectivity index (χ0v) is 17.7. The lowest BCUT2D eigenvalue weighted by atomic mass is 10.2. The molecule has 0 spiro atoms. The van der Waals surface area contributed by atoms with E-state index in [1.165, 1.54) is 0 Å². The molecule has 0 unspecified atom stereocenters. The van der Waals surface area contributed by atoms with Gasteiger partial charge in [-0.2, -0.15) is 5.26 Å². The van der Waals surface area contributed by atoms with Crippen molar-refractivity contribution in [2.24, 2.45) is 0 Å². The smallest absolute Gasteiger partial charge is 0.239 e. The van der Waals surface area contributed by atoms with Crippen molar-refractivity contribution >= 4 is 17.6 Å². The number of amides is 2. The summed E-state index contributed by atoms with van der Waals surface area (Å²) in [5.74, 6) is 0.0942. The van der Waals surface area contributed by atoms with Crippen molar-refractivity contribution in [1.82, 2.24) is 14.8 Å². The Morgan fingerprint density at radius 3 is 2.34 bits per heavy atom. The summed E-state index contributed by atoms with van der Waals surface area (Å²) in [6, 6.07) is 12.1. The van der Waals surface area contributed by atoms with Crippen molar-refractivity contribution in [2.75, 3.05) is 25.5 Å². The number of carbonyl (C=O) groups is 2. The normalized spacial score (nSPS) is 10.8. The van der Waals surface area contributed by atoms with Gasteiger partial charge in [0.25, 0.3) is 0 Å². The van der Waals surface area contributed by atoms with Crippen LogP contribution in [-0.4, -0.2) is 47.5 Å². The number of nitrogens with one attached hydrogen (secondary N) is 2. The van der Waals surface area contributed by atoms with E-state index < -0.39 is 0 Å². The van der Waals surface area contributed by atoms with Crippen molar-refractivity contribution in [1.29, 1.82) is 5.26 Å². The molecule has 0 saturated heterocycles. The van der Waals surface area contributed by atoms with E-state index in [-0.39, 0.29) is 30.9 Å². The van der Waals surface area contributed by atoms with Gasteiger partial charge in [0, 0.05) is 18.3 Å². The summed E-state index contributed by atoms with van der Waals surface area (Å²) in [7, 11) is 1.71. The minimum Gasteiger partial charge on any atom is -0.353 e. The minimum absolute atomic E-state index is 0.0466. The summed E-state index contributed by atoms with van der Waals surface area (Å²) in [4.78, 5) is 26.1. The van der Waals surface area contributed by atoms with Gasteiger partial charge in [0.15, 0.2) is 0 Å². The van der Waals surface area contributed by atoms with E-state index >= 15 is 0 Å². The highest BCUT2D eigenvalue weighted by Crippen LogP contribution is 2.27. The van der Waals surface area contributed by atoms with E-state index in [0.717, 1.165) is 16.8 Å². The van der Waals surface area contributed by atoms with Crippen LogP contribution in [0.4, 0.5) is 5.82 Å². The Bertz CT molecular complexity index is 910. The molecule has 1 aromatic heterocycles. The molecule has 2 rings (SSSR count). The van der Waals surface area contributed by atoms with E-state index in [9.17, 15) is 14.9 Å². The highest BCUT2D eigenvalue weighted by Gasteiger charge is 2.20. The molecule has 1 aromatic carbocycles. The van der Waals surface area contributed by atoms with Crippen molar-refractivity contribution in [3.63, 3.8) is 0 Å². The number of likely N-dealkylation sites (N-methyl/N-ethyl adjacent to an activating group) is 1. The first kappa shape index (κ1) is 22.2. The molecule has 0 saturated carbocycles. The Morgan fingerprint density at radius 2 is 1.76 bits per heavy atom. The topological polar surface area (TPSA) is 90.2 Å². The Kier molecular flexibility index (Phi) is 7.57. The molecule has 0 aliphatic heterocycles. The number of rotatable bonds is 8. The van der Waals surface area contributed by atoms with Gasteiger partial charge in [-0.15, -0.1) is 0 Å². The van der Waals surface area contributed by atoms with Gasteiger partial charge in [-0.3, -0.25) is 14.5 Å². The van der Waals surface area contributed by atoms with E-state index in [1.807, 2.05) is 62.6 Å². The van der Waals surface area contributed by atoms with Crippen LogP contribution in [-0.2, 0) is 16.1 Å². The molecule has 0 fully saturated rings. The maximum atomic E-state index is 12.6. The number of hydrogen-bond donors (Lipinski definition) is 2. The highest BCUT2D eigenvalue weighted by atomic mass is 16.2. The predicted octanol–water partition coefficient (Wildman–Crippen LogP) is 2.42. The van der Waals surface area contributed by atoms with Gasteiger partial charge < -0.3 is 15.2 Å². The molecular weight excluding hydrogens is 366 g/mol. The fourth-order valence-electron chi connectivity index (χ4n) is 3.18. The Hall–Kier alpha value is -3.11. The van der Waals surface area contributed by atoms with Gasteiger partial charge in [-0.1, -0.05) is 30.3 Å². The second kappa shape index (κ2) is 9.89. The Labute approximate surface area is 172 Å². The molecule has 0 bridgehead atoms. The maximum Gasteiger partial charge on any atom is 0.239 e. The Morgan fingerprint density at radius 1 is 1.14 bits per heavy atom. The summed E-state index contributed by atoms with van der Waals surface area (Å²) >= 11 is 0. The van der Waals surface area contributed by atoms with Crippen molar-refractivity contribution < 1.29 is 9.59 Å². The lowest BCUT2D eigenvalue weighted by Gasteiger charge is -2.18. The third-order valence-corrected chi connectivity index (χ3v) is 4.66. The highest BCUT2D eigenvalue weighted by molar-refractivity contribution is 5.93. The van der Waals surface area contributed by atoms with Crippen LogP contribution in [0.15, 0.2) is 30.3 Å². The molecule has 2 amide bonds. The minimum atomic E-state index is -0.270. The molecule has 29 heavy (non-hydrogen) atoms. The molecule has 7 heteroatoms. The number of nitrogens with zero attached hydrogens (tertiary/aromatic N) is 3. The van der Waals surface area contributed by atoms with Gasteiger partial charge in [0.1, 0.15) is 11.9 Å². The quantitative estimate of drug-likeness (QED) is 0.718. The number of benzene rings is 1. The monoisotopic (exact) mass is 395 g/mol. The first-order valence-corrected chi connectivity index (χ1v) is 9.64. The van der Waals surface area contributed by atoms with Crippen LogP contribution in [0, 0.1) is 25.2 Å². The van der Waals surface area contributed by atoms with E-state index in [1.54, 1.807) is 11.9 Å². The number of aromatic nitrogens is 1. The lowest BCUT2D eigenvalue weighted by molar-refractivity contribution is -0.123. The van der Waals surface area contributed by atoms with Crippen LogP contribution in [0.1, 0.15) is 36.2 Å². The average molecular weight is 396 g/mol. The first-order valence-electron chi connectivity index (χ1n) is 9.64. The van der Waals surface area contributed by atoms with E-state index in [2.05, 4.69) is 16.7 Å². The third-order valence-electron chi connectivity index (χ3n) is 4.66. The second-order valence-corrected chi connectivity index (χ2v) is 7.56. The molecule has 0 aliphatic carbocycles. The molecule has 7 nitrogen and oxygen atoms in total. The van der Waals surface area contributed by atoms with E-state index in [0.29, 0.717) is 17.9 Å². The van der Waals surface area contributed by atoms with Crippen LogP contribution >= 0.6 is 0 Å². The summed E-state index contributed by atoms with van der Waals surface area (Å²) in [6.45, 7) is 8.33. The fourth-order valence-corrected chi connectivity index (χ4v) is 3.18. The lowest BCUT2D eigenvalue weighted by Crippen LogP contribution is -2.41. The average Bonchev–Trinajstić information content (AvgIpc) is 2.85.